The molecule has 2 aromatic rings. The summed E-state index contributed by atoms with van der Waals surface area (Å²) in [5.74, 6) is 0.128. The van der Waals surface area contributed by atoms with Crippen molar-refractivity contribution in [2.45, 2.75) is 12.8 Å². The first kappa shape index (κ1) is 14.8. The van der Waals surface area contributed by atoms with E-state index in [1.54, 1.807) is 6.08 Å². The summed E-state index contributed by atoms with van der Waals surface area (Å²) in [4.78, 5) is 22.5. The Morgan fingerprint density at radius 3 is 2.90 bits per heavy atom. The lowest BCUT2D eigenvalue weighted by molar-refractivity contribution is -0.140. The summed E-state index contributed by atoms with van der Waals surface area (Å²) in [6, 6.07) is 9.52. The lowest BCUT2D eigenvalue weighted by Crippen LogP contribution is -2.22. The van der Waals surface area contributed by atoms with Crippen LogP contribution in [0.4, 0.5) is 0 Å². The molecule has 5 heteroatoms. The van der Waals surface area contributed by atoms with Crippen molar-refractivity contribution < 1.29 is 18.7 Å². The van der Waals surface area contributed by atoms with E-state index >= 15 is 0 Å². The summed E-state index contributed by atoms with van der Waals surface area (Å²) < 4.78 is 10.1. The van der Waals surface area contributed by atoms with Crippen LogP contribution in [0.5, 0.6) is 0 Å². The Morgan fingerprint density at radius 2 is 2.14 bits per heavy atom. The molecule has 0 aliphatic rings. The minimum atomic E-state index is -0.276. The highest BCUT2D eigenvalue weighted by Gasteiger charge is 2.02. The van der Waals surface area contributed by atoms with Gasteiger partial charge >= 0.3 is 5.97 Å². The number of amides is 1. The maximum absolute atomic E-state index is 11.6. The van der Waals surface area contributed by atoms with Gasteiger partial charge in [0.15, 0.2) is 0 Å². The minimum absolute atomic E-state index is 0.222. The van der Waals surface area contributed by atoms with Gasteiger partial charge in [-0.2, -0.15) is 0 Å². The van der Waals surface area contributed by atoms with Crippen molar-refractivity contribution in [1.29, 1.82) is 0 Å². The van der Waals surface area contributed by atoms with E-state index in [0.29, 0.717) is 25.1 Å². The molecule has 0 bridgehead atoms. The van der Waals surface area contributed by atoms with E-state index in [1.807, 2.05) is 30.3 Å². The van der Waals surface area contributed by atoms with Crippen molar-refractivity contribution in [3.05, 3.63) is 42.2 Å². The van der Waals surface area contributed by atoms with Crippen molar-refractivity contribution in [2.75, 3.05) is 13.7 Å². The predicted molar refractivity (Wildman–Crippen MR) is 79.5 cm³/mol. The topological polar surface area (TPSA) is 68.5 Å². The fourth-order valence-electron chi connectivity index (χ4n) is 1.85. The SMILES string of the molecule is COC(=O)CCCNC(=O)/C=C/c1cc2ccccc2o1. The van der Waals surface area contributed by atoms with Gasteiger partial charge in [-0.1, -0.05) is 18.2 Å². The highest BCUT2D eigenvalue weighted by atomic mass is 16.5. The summed E-state index contributed by atoms with van der Waals surface area (Å²) in [6.45, 7) is 0.429. The number of furan rings is 1. The molecule has 2 rings (SSSR count). The molecule has 1 amide bonds. The number of fused-ring (bicyclic) bond motifs is 1. The third-order valence-corrected chi connectivity index (χ3v) is 2.93. The van der Waals surface area contributed by atoms with Gasteiger partial charge in [-0.05, 0) is 24.6 Å². The molecule has 0 saturated carbocycles. The van der Waals surface area contributed by atoms with Crippen molar-refractivity contribution >= 4 is 28.9 Å². The fourth-order valence-corrected chi connectivity index (χ4v) is 1.85. The van der Waals surface area contributed by atoms with Gasteiger partial charge in [-0.3, -0.25) is 9.59 Å². The molecular formula is C16H17NO4. The molecule has 0 saturated heterocycles. The summed E-state index contributed by atoms with van der Waals surface area (Å²) in [5.41, 5.74) is 0.788. The van der Waals surface area contributed by atoms with E-state index in [4.69, 9.17) is 4.42 Å². The van der Waals surface area contributed by atoms with Crippen molar-refractivity contribution in [3.8, 4) is 0 Å². The van der Waals surface area contributed by atoms with Crippen LogP contribution >= 0.6 is 0 Å². The molecule has 0 fully saturated rings. The number of benzene rings is 1. The summed E-state index contributed by atoms with van der Waals surface area (Å²) in [5, 5.41) is 3.69. The molecular weight excluding hydrogens is 270 g/mol. The Bertz CT molecular complexity index is 624. The third kappa shape index (κ3) is 4.49. The Morgan fingerprint density at radius 1 is 1.33 bits per heavy atom. The Balaban J connectivity index is 1.80. The van der Waals surface area contributed by atoms with Crippen LogP contribution in [-0.4, -0.2) is 25.5 Å². The highest BCUT2D eigenvalue weighted by molar-refractivity contribution is 5.92. The molecule has 1 N–H and O–H groups in total. The van der Waals surface area contributed by atoms with Gasteiger partial charge in [0.25, 0.3) is 0 Å². The monoisotopic (exact) mass is 287 g/mol. The number of nitrogens with one attached hydrogen (secondary N) is 1. The number of carbonyl (C=O) groups excluding carboxylic acids is 2. The number of para-hydroxylation sites is 1. The van der Waals surface area contributed by atoms with Crippen LogP contribution in [0.3, 0.4) is 0 Å². The van der Waals surface area contributed by atoms with Crippen molar-refractivity contribution in [3.63, 3.8) is 0 Å². The van der Waals surface area contributed by atoms with Gasteiger partial charge in [0.05, 0.1) is 7.11 Å². The summed E-state index contributed by atoms with van der Waals surface area (Å²) in [6.07, 6.45) is 3.88. The number of hydrogen-bond donors (Lipinski definition) is 1. The van der Waals surface area contributed by atoms with Crippen LogP contribution in [0, 0.1) is 0 Å². The average Bonchev–Trinajstić information content (AvgIpc) is 2.92. The molecule has 0 aliphatic heterocycles. The van der Waals surface area contributed by atoms with E-state index in [1.165, 1.54) is 13.2 Å². The van der Waals surface area contributed by atoms with Crippen LogP contribution < -0.4 is 5.32 Å². The van der Waals surface area contributed by atoms with E-state index in [0.717, 1.165) is 11.0 Å². The van der Waals surface area contributed by atoms with Crippen molar-refractivity contribution in [1.82, 2.24) is 5.32 Å². The minimum Gasteiger partial charge on any atom is -0.469 e. The van der Waals surface area contributed by atoms with Crippen LogP contribution in [-0.2, 0) is 14.3 Å². The second-order valence-corrected chi connectivity index (χ2v) is 4.49. The zero-order chi connectivity index (χ0) is 15.1. The molecule has 0 spiro atoms. The number of esters is 1. The zero-order valence-electron chi connectivity index (χ0n) is 11.8. The van der Waals surface area contributed by atoms with Crippen LogP contribution in [0.25, 0.3) is 17.0 Å². The number of carbonyl (C=O) groups is 2. The van der Waals surface area contributed by atoms with Crippen LogP contribution in [0.1, 0.15) is 18.6 Å². The van der Waals surface area contributed by atoms with Gasteiger partial charge in [0.2, 0.25) is 5.91 Å². The van der Waals surface area contributed by atoms with E-state index in [-0.39, 0.29) is 11.9 Å². The predicted octanol–water partition coefficient (Wildman–Crippen LogP) is 2.52. The number of ether oxygens (including phenoxy) is 1. The molecule has 21 heavy (non-hydrogen) atoms. The first-order valence-electron chi connectivity index (χ1n) is 6.70. The lowest BCUT2D eigenvalue weighted by atomic mass is 10.2. The zero-order valence-corrected chi connectivity index (χ0v) is 11.8. The van der Waals surface area contributed by atoms with Gasteiger partial charge in [-0.15, -0.1) is 0 Å². The smallest absolute Gasteiger partial charge is 0.305 e. The third-order valence-electron chi connectivity index (χ3n) is 2.93. The maximum atomic E-state index is 11.6. The van der Waals surface area contributed by atoms with E-state index < -0.39 is 0 Å². The van der Waals surface area contributed by atoms with Gasteiger partial charge in [0, 0.05) is 24.4 Å². The summed E-state index contributed by atoms with van der Waals surface area (Å²) in [7, 11) is 1.34. The average molecular weight is 287 g/mol. The van der Waals surface area contributed by atoms with Gasteiger partial charge in [0.1, 0.15) is 11.3 Å². The first-order chi connectivity index (χ1) is 10.2. The van der Waals surface area contributed by atoms with Gasteiger partial charge in [-0.25, -0.2) is 0 Å². The number of hydrogen-bond acceptors (Lipinski definition) is 4. The molecule has 0 aliphatic carbocycles. The Labute approximate surface area is 122 Å². The second-order valence-electron chi connectivity index (χ2n) is 4.49. The molecule has 0 radical (unpaired) electrons. The van der Waals surface area contributed by atoms with Crippen molar-refractivity contribution in [2.24, 2.45) is 0 Å². The second kappa shape index (κ2) is 7.28. The molecule has 0 unspecified atom stereocenters. The fraction of sp³-hybridized carbons (Fsp3) is 0.250. The normalized spacial score (nSPS) is 10.9. The highest BCUT2D eigenvalue weighted by Crippen LogP contribution is 2.19. The molecule has 1 heterocycles. The number of methoxy groups -OCH3 is 1. The number of rotatable bonds is 6. The van der Waals surface area contributed by atoms with E-state index in [9.17, 15) is 9.59 Å². The molecule has 1 aromatic carbocycles. The standard InChI is InChI=1S/C16H17NO4/c1-20-16(19)7-4-10-17-15(18)9-8-13-11-12-5-2-3-6-14(12)21-13/h2-3,5-6,8-9,11H,4,7,10H2,1H3,(H,17,18)/b9-8+. The molecule has 5 nitrogen and oxygen atoms in total. The molecule has 1 aromatic heterocycles. The maximum Gasteiger partial charge on any atom is 0.305 e. The molecule has 0 atom stereocenters. The lowest BCUT2D eigenvalue weighted by Gasteiger charge is -2.00. The summed E-state index contributed by atoms with van der Waals surface area (Å²) >= 11 is 0. The van der Waals surface area contributed by atoms with Gasteiger partial charge < -0.3 is 14.5 Å². The quantitative estimate of drug-likeness (QED) is 0.503. The molecule has 110 valence electrons. The van der Waals surface area contributed by atoms with Crippen LogP contribution in [0.2, 0.25) is 0 Å². The Kier molecular flexibility index (Phi) is 5.15. The Hall–Kier alpha value is -2.56. The largest absolute Gasteiger partial charge is 0.469 e. The van der Waals surface area contributed by atoms with Crippen LogP contribution in [0.15, 0.2) is 40.8 Å². The first-order valence-corrected chi connectivity index (χ1v) is 6.70. The van der Waals surface area contributed by atoms with E-state index in [2.05, 4.69) is 10.1 Å².